The second kappa shape index (κ2) is 3.34. The maximum atomic E-state index is 11.8. The zero-order valence-electron chi connectivity index (χ0n) is 11.5. The molecule has 96 valence electrons. The van der Waals surface area contributed by atoms with Crippen molar-refractivity contribution in [1.29, 1.82) is 0 Å². The Bertz CT molecular complexity index is 360. The van der Waals surface area contributed by atoms with Crippen molar-refractivity contribution in [2.75, 3.05) is 0 Å². The standard InChI is InChI=1S/C15H24O2/c1-5-11(16)9(2)8-15-12-6-10(14(12,3)4)7-13(15)17-15/h9-10,12-13H,5-8H2,1-4H3/t9-,10+,12+,13-,15+/m0/s1. The van der Waals surface area contributed by atoms with Crippen LogP contribution < -0.4 is 0 Å². The Labute approximate surface area is 104 Å². The summed E-state index contributed by atoms with van der Waals surface area (Å²) in [5.74, 6) is 2.14. The van der Waals surface area contributed by atoms with Crippen LogP contribution >= 0.6 is 0 Å². The van der Waals surface area contributed by atoms with Crippen molar-refractivity contribution in [3.8, 4) is 0 Å². The number of epoxide rings is 1. The lowest BCUT2D eigenvalue weighted by Crippen LogP contribution is -2.57. The van der Waals surface area contributed by atoms with Gasteiger partial charge < -0.3 is 4.74 Å². The number of carbonyl (C=O) groups excluding carboxylic acids is 1. The molecule has 17 heavy (non-hydrogen) atoms. The van der Waals surface area contributed by atoms with Gasteiger partial charge in [0, 0.05) is 12.3 Å². The van der Waals surface area contributed by atoms with Crippen LogP contribution in [0.4, 0.5) is 0 Å². The van der Waals surface area contributed by atoms with Gasteiger partial charge in [-0.15, -0.1) is 0 Å². The van der Waals surface area contributed by atoms with Gasteiger partial charge in [0.15, 0.2) is 0 Å². The number of ketones is 1. The van der Waals surface area contributed by atoms with E-state index in [0.29, 0.717) is 29.6 Å². The predicted molar refractivity (Wildman–Crippen MR) is 66.7 cm³/mol. The molecule has 1 heterocycles. The summed E-state index contributed by atoms with van der Waals surface area (Å²) in [5.41, 5.74) is 0.532. The predicted octanol–water partition coefficient (Wildman–Crippen LogP) is 3.20. The van der Waals surface area contributed by atoms with Gasteiger partial charge in [-0.2, -0.15) is 0 Å². The van der Waals surface area contributed by atoms with Crippen LogP contribution in [0.2, 0.25) is 0 Å². The molecule has 0 aromatic carbocycles. The average Bonchev–Trinajstić information content (AvgIpc) is 3.00. The highest BCUT2D eigenvalue weighted by Gasteiger charge is 2.74. The topological polar surface area (TPSA) is 29.6 Å². The zero-order chi connectivity index (χ0) is 12.4. The minimum atomic E-state index is 0.0858. The minimum Gasteiger partial charge on any atom is -0.366 e. The maximum Gasteiger partial charge on any atom is 0.135 e. The molecule has 1 aliphatic heterocycles. The van der Waals surface area contributed by atoms with E-state index >= 15 is 0 Å². The highest BCUT2D eigenvalue weighted by atomic mass is 16.6. The molecular weight excluding hydrogens is 212 g/mol. The molecule has 4 rings (SSSR count). The normalized spacial score (nSPS) is 46.7. The van der Waals surface area contributed by atoms with Gasteiger partial charge >= 0.3 is 0 Å². The third-order valence-electron chi connectivity index (χ3n) is 5.93. The summed E-state index contributed by atoms with van der Waals surface area (Å²) < 4.78 is 6.07. The first-order chi connectivity index (χ1) is 7.91. The molecule has 1 saturated heterocycles. The number of ether oxygens (including phenoxy) is 1. The molecule has 0 unspecified atom stereocenters. The molecule has 0 aromatic heterocycles. The molecule has 2 nitrogen and oxygen atoms in total. The second-order valence-electron chi connectivity index (χ2n) is 7.03. The van der Waals surface area contributed by atoms with Gasteiger partial charge in [-0.1, -0.05) is 27.7 Å². The summed E-state index contributed by atoms with van der Waals surface area (Å²) in [6.07, 6.45) is 4.67. The molecule has 0 aromatic rings. The Morgan fingerprint density at radius 2 is 2.12 bits per heavy atom. The molecule has 5 atom stereocenters. The van der Waals surface area contributed by atoms with E-state index in [2.05, 4.69) is 20.8 Å². The Morgan fingerprint density at radius 1 is 1.41 bits per heavy atom. The number of hydrogen-bond acceptors (Lipinski definition) is 2. The van der Waals surface area contributed by atoms with Gasteiger partial charge in [0.1, 0.15) is 5.78 Å². The fourth-order valence-corrected chi connectivity index (χ4v) is 4.55. The monoisotopic (exact) mass is 236 g/mol. The van der Waals surface area contributed by atoms with Crippen molar-refractivity contribution >= 4 is 5.78 Å². The van der Waals surface area contributed by atoms with Gasteiger partial charge in [-0.3, -0.25) is 4.79 Å². The van der Waals surface area contributed by atoms with Crippen LogP contribution in [0.5, 0.6) is 0 Å². The molecule has 3 aliphatic carbocycles. The van der Waals surface area contributed by atoms with Gasteiger partial charge in [0.25, 0.3) is 0 Å². The number of Topliss-reactive ketones (excluding diaryl/α,β-unsaturated/α-hetero) is 1. The van der Waals surface area contributed by atoms with E-state index in [9.17, 15) is 4.79 Å². The van der Waals surface area contributed by atoms with Crippen molar-refractivity contribution in [3.63, 3.8) is 0 Å². The fraction of sp³-hybridized carbons (Fsp3) is 0.933. The molecule has 4 aliphatic rings. The zero-order valence-corrected chi connectivity index (χ0v) is 11.5. The van der Waals surface area contributed by atoms with Crippen molar-refractivity contribution in [1.82, 2.24) is 0 Å². The lowest BCUT2D eigenvalue weighted by Gasteiger charge is -2.58. The van der Waals surface area contributed by atoms with E-state index < -0.39 is 0 Å². The Kier molecular flexibility index (Phi) is 2.30. The highest BCUT2D eigenvalue weighted by molar-refractivity contribution is 5.80. The number of hydrogen-bond donors (Lipinski definition) is 0. The Balaban J connectivity index is 1.74. The van der Waals surface area contributed by atoms with Crippen LogP contribution in [-0.2, 0) is 9.53 Å². The Morgan fingerprint density at radius 3 is 2.71 bits per heavy atom. The van der Waals surface area contributed by atoms with Gasteiger partial charge in [-0.05, 0) is 36.5 Å². The lowest BCUT2D eigenvalue weighted by molar-refractivity contribution is -0.125. The van der Waals surface area contributed by atoms with E-state index in [4.69, 9.17) is 4.74 Å². The van der Waals surface area contributed by atoms with Crippen LogP contribution in [0.15, 0.2) is 0 Å². The molecule has 4 fully saturated rings. The van der Waals surface area contributed by atoms with Crippen LogP contribution in [0.25, 0.3) is 0 Å². The van der Waals surface area contributed by atoms with E-state index in [0.717, 1.165) is 12.3 Å². The third-order valence-corrected chi connectivity index (χ3v) is 5.93. The van der Waals surface area contributed by atoms with Crippen molar-refractivity contribution in [3.05, 3.63) is 0 Å². The first-order valence-electron chi connectivity index (χ1n) is 7.12. The van der Waals surface area contributed by atoms with E-state index in [1.54, 1.807) is 0 Å². The average molecular weight is 236 g/mol. The molecule has 3 saturated carbocycles. The lowest BCUT2D eigenvalue weighted by atomic mass is 9.45. The summed E-state index contributed by atoms with van der Waals surface area (Å²) in [5, 5.41) is 0. The smallest absolute Gasteiger partial charge is 0.135 e. The fourth-order valence-electron chi connectivity index (χ4n) is 4.55. The van der Waals surface area contributed by atoms with Crippen molar-refractivity contribution in [2.24, 2.45) is 23.2 Å². The van der Waals surface area contributed by atoms with Crippen molar-refractivity contribution in [2.45, 2.75) is 65.1 Å². The third kappa shape index (κ3) is 1.39. The molecular formula is C15H24O2. The maximum absolute atomic E-state index is 11.8. The number of rotatable bonds is 4. The summed E-state index contributed by atoms with van der Waals surface area (Å²) in [4.78, 5) is 11.8. The first-order valence-corrected chi connectivity index (χ1v) is 7.12. The molecule has 0 spiro atoms. The molecule has 2 heteroatoms. The highest BCUT2D eigenvalue weighted by Crippen LogP contribution is 2.71. The molecule has 0 radical (unpaired) electrons. The molecule has 2 bridgehead atoms. The van der Waals surface area contributed by atoms with Gasteiger partial charge in [0.2, 0.25) is 0 Å². The quantitative estimate of drug-likeness (QED) is 0.702. The van der Waals surface area contributed by atoms with Crippen LogP contribution in [0.1, 0.15) is 53.4 Å². The second-order valence-corrected chi connectivity index (χ2v) is 7.03. The van der Waals surface area contributed by atoms with Crippen LogP contribution in [0.3, 0.4) is 0 Å². The van der Waals surface area contributed by atoms with Crippen molar-refractivity contribution < 1.29 is 9.53 Å². The Hall–Kier alpha value is -0.370. The van der Waals surface area contributed by atoms with Gasteiger partial charge in [-0.25, -0.2) is 0 Å². The minimum absolute atomic E-state index is 0.0858. The number of carbonyl (C=O) groups is 1. The van der Waals surface area contributed by atoms with E-state index in [-0.39, 0.29) is 11.5 Å². The summed E-state index contributed by atoms with van der Waals surface area (Å²) in [6, 6.07) is 0. The molecule has 0 N–H and O–H groups in total. The van der Waals surface area contributed by atoms with Crippen LogP contribution in [0, 0.1) is 23.2 Å². The SMILES string of the molecule is CCC(=O)[C@@H](C)C[C@]12O[C@H]1C[C@H]1C[C@@H]2C1(C)C. The van der Waals surface area contributed by atoms with Gasteiger partial charge in [0.05, 0.1) is 11.7 Å². The summed E-state index contributed by atoms with van der Waals surface area (Å²) >= 11 is 0. The summed E-state index contributed by atoms with van der Waals surface area (Å²) in [7, 11) is 0. The van der Waals surface area contributed by atoms with Crippen LogP contribution in [-0.4, -0.2) is 17.5 Å². The summed E-state index contributed by atoms with van der Waals surface area (Å²) in [6.45, 7) is 8.82. The largest absolute Gasteiger partial charge is 0.366 e. The molecule has 0 amide bonds. The first kappa shape index (κ1) is 11.7. The van der Waals surface area contributed by atoms with E-state index in [1.807, 2.05) is 6.92 Å². The van der Waals surface area contributed by atoms with E-state index in [1.165, 1.54) is 12.8 Å².